The van der Waals surface area contributed by atoms with E-state index in [1.54, 1.807) is 18.4 Å². The van der Waals surface area contributed by atoms with Crippen LogP contribution >= 0.6 is 11.3 Å². The lowest BCUT2D eigenvalue weighted by Crippen LogP contribution is -2.19. The molecule has 1 aromatic heterocycles. The molecule has 1 atom stereocenters. The van der Waals surface area contributed by atoms with Crippen molar-refractivity contribution in [2.75, 3.05) is 14.2 Å². The summed E-state index contributed by atoms with van der Waals surface area (Å²) in [5, 5.41) is 5.55. The minimum absolute atomic E-state index is 0.340. The van der Waals surface area contributed by atoms with Crippen LogP contribution in [0.15, 0.2) is 35.7 Å². The molecule has 2 nitrogen and oxygen atoms in total. The first-order chi connectivity index (χ1) is 8.76. The van der Waals surface area contributed by atoms with Gasteiger partial charge in [0.2, 0.25) is 0 Å². The molecule has 2 aromatic rings. The number of rotatable bonds is 5. The number of hydrogen-bond donors (Lipinski definition) is 1. The zero-order valence-electron chi connectivity index (χ0n) is 11.1. The van der Waals surface area contributed by atoms with E-state index in [2.05, 4.69) is 35.8 Å². The Morgan fingerprint density at radius 1 is 1.28 bits per heavy atom. The molecule has 2 rings (SSSR count). The fourth-order valence-corrected chi connectivity index (χ4v) is 2.98. The number of benzene rings is 1. The van der Waals surface area contributed by atoms with E-state index in [1.165, 1.54) is 16.0 Å². The average Bonchev–Trinajstić information content (AvgIpc) is 2.82. The number of likely N-dealkylation sites (N-methyl/N-ethyl adjacent to an activating group) is 1. The minimum Gasteiger partial charge on any atom is -0.496 e. The molecule has 1 aromatic carbocycles. The van der Waals surface area contributed by atoms with Crippen molar-refractivity contribution in [3.8, 4) is 5.75 Å². The van der Waals surface area contributed by atoms with Crippen LogP contribution in [-0.2, 0) is 6.42 Å². The maximum atomic E-state index is 5.41. The van der Waals surface area contributed by atoms with Gasteiger partial charge in [0.1, 0.15) is 5.75 Å². The predicted octanol–water partition coefficient (Wildman–Crippen LogP) is 3.57. The first-order valence-electron chi connectivity index (χ1n) is 6.09. The summed E-state index contributed by atoms with van der Waals surface area (Å²) in [6, 6.07) is 10.8. The lowest BCUT2D eigenvalue weighted by molar-refractivity contribution is 0.406. The highest BCUT2D eigenvalue weighted by Crippen LogP contribution is 2.28. The summed E-state index contributed by atoms with van der Waals surface area (Å²) in [7, 11) is 3.74. The molecule has 0 aliphatic heterocycles. The van der Waals surface area contributed by atoms with Crippen molar-refractivity contribution in [1.29, 1.82) is 0 Å². The van der Waals surface area contributed by atoms with Gasteiger partial charge in [-0.3, -0.25) is 0 Å². The Labute approximate surface area is 113 Å². The van der Waals surface area contributed by atoms with Gasteiger partial charge in [0.05, 0.1) is 7.11 Å². The number of hydrogen-bond acceptors (Lipinski definition) is 3. The highest BCUT2D eigenvalue weighted by molar-refractivity contribution is 7.10. The van der Waals surface area contributed by atoms with Gasteiger partial charge in [-0.05, 0) is 49.0 Å². The first-order valence-corrected chi connectivity index (χ1v) is 6.97. The second-order valence-corrected chi connectivity index (χ2v) is 5.41. The van der Waals surface area contributed by atoms with Crippen LogP contribution in [-0.4, -0.2) is 14.2 Å². The Kier molecular flexibility index (Phi) is 4.39. The Balaban J connectivity index is 2.23. The molecule has 0 saturated heterocycles. The van der Waals surface area contributed by atoms with Crippen LogP contribution in [0.2, 0.25) is 0 Å². The van der Waals surface area contributed by atoms with E-state index in [0.717, 1.165) is 12.2 Å². The van der Waals surface area contributed by atoms with Gasteiger partial charge >= 0.3 is 0 Å². The number of thiophene rings is 1. The van der Waals surface area contributed by atoms with Crippen LogP contribution in [0.1, 0.15) is 22.0 Å². The molecule has 96 valence electrons. The molecule has 0 saturated carbocycles. The molecular weight excluding hydrogens is 242 g/mol. The van der Waals surface area contributed by atoms with E-state index in [4.69, 9.17) is 4.74 Å². The summed E-state index contributed by atoms with van der Waals surface area (Å²) in [5.74, 6) is 0.964. The number of nitrogens with one attached hydrogen (secondary N) is 1. The average molecular weight is 261 g/mol. The Morgan fingerprint density at radius 3 is 2.67 bits per heavy atom. The summed E-state index contributed by atoms with van der Waals surface area (Å²) in [4.78, 5) is 1.38. The Morgan fingerprint density at radius 2 is 2.06 bits per heavy atom. The quantitative estimate of drug-likeness (QED) is 0.888. The molecule has 0 spiro atoms. The van der Waals surface area contributed by atoms with Gasteiger partial charge in [-0.1, -0.05) is 18.2 Å². The number of ether oxygens (including phenoxy) is 1. The smallest absolute Gasteiger partial charge is 0.122 e. The molecule has 0 aliphatic rings. The standard InChI is InChI=1S/C15H19NOS/c1-11-13(8-9-18-11)14(16-2)10-12-6-4-5-7-15(12)17-3/h4-9,14,16H,10H2,1-3H3. The predicted molar refractivity (Wildman–Crippen MR) is 77.6 cm³/mol. The molecule has 0 amide bonds. The molecular formula is C15H19NOS. The molecule has 0 radical (unpaired) electrons. The van der Waals surface area contributed by atoms with E-state index in [1.807, 2.05) is 19.2 Å². The lowest BCUT2D eigenvalue weighted by atomic mass is 9.99. The molecule has 3 heteroatoms. The molecule has 1 N–H and O–H groups in total. The van der Waals surface area contributed by atoms with Gasteiger partial charge in [0.15, 0.2) is 0 Å². The molecule has 1 heterocycles. The highest BCUT2D eigenvalue weighted by Gasteiger charge is 2.15. The first kappa shape index (κ1) is 13.1. The van der Waals surface area contributed by atoms with E-state index in [-0.39, 0.29) is 0 Å². The minimum atomic E-state index is 0.340. The van der Waals surface area contributed by atoms with Crippen molar-refractivity contribution in [2.24, 2.45) is 0 Å². The summed E-state index contributed by atoms with van der Waals surface area (Å²) in [5.41, 5.74) is 2.62. The number of para-hydroxylation sites is 1. The normalized spacial score (nSPS) is 12.4. The van der Waals surface area contributed by atoms with Crippen LogP contribution in [0.5, 0.6) is 5.75 Å². The van der Waals surface area contributed by atoms with Crippen molar-refractivity contribution in [2.45, 2.75) is 19.4 Å². The number of aryl methyl sites for hydroxylation is 1. The second-order valence-electron chi connectivity index (χ2n) is 4.29. The number of methoxy groups -OCH3 is 1. The molecule has 1 unspecified atom stereocenters. The summed E-state index contributed by atoms with van der Waals surface area (Å²) in [6.07, 6.45) is 0.943. The van der Waals surface area contributed by atoms with E-state index in [0.29, 0.717) is 6.04 Å². The molecule has 0 bridgehead atoms. The van der Waals surface area contributed by atoms with Crippen molar-refractivity contribution >= 4 is 11.3 Å². The van der Waals surface area contributed by atoms with E-state index < -0.39 is 0 Å². The van der Waals surface area contributed by atoms with Gasteiger partial charge < -0.3 is 10.1 Å². The third-order valence-electron chi connectivity index (χ3n) is 3.24. The zero-order valence-corrected chi connectivity index (χ0v) is 11.9. The van der Waals surface area contributed by atoms with Crippen molar-refractivity contribution in [3.05, 3.63) is 51.7 Å². The van der Waals surface area contributed by atoms with Crippen LogP contribution < -0.4 is 10.1 Å². The van der Waals surface area contributed by atoms with Crippen molar-refractivity contribution in [1.82, 2.24) is 5.32 Å². The highest BCUT2D eigenvalue weighted by atomic mass is 32.1. The van der Waals surface area contributed by atoms with Crippen LogP contribution in [0.4, 0.5) is 0 Å². The molecule has 0 fully saturated rings. The molecule has 18 heavy (non-hydrogen) atoms. The van der Waals surface area contributed by atoms with Gasteiger partial charge in [0, 0.05) is 10.9 Å². The monoisotopic (exact) mass is 261 g/mol. The second kappa shape index (κ2) is 6.03. The fraction of sp³-hybridized carbons (Fsp3) is 0.333. The zero-order chi connectivity index (χ0) is 13.0. The van der Waals surface area contributed by atoms with E-state index in [9.17, 15) is 0 Å². The summed E-state index contributed by atoms with van der Waals surface area (Å²) < 4.78 is 5.41. The largest absolute Gasteiger partial charge is 0.496 e. The fourth-order valence-electron chi connectivity index (χ4n) is 2.22. The van der Waals surface area contributed by atoms with Crippen LogP contribution in [0, 0.1) is 6.92 Å². The SMILES string of the molecule is CNC(Cc1ccccc1OC)c1ccsc1C. The molecule has 0 aliphatic carbocycles. The topological polar surface area (TPSA) is 21.3 Å². The van der Waals surface area contributed by atoms with Gasteiger partial charge in [-0.25, -0.2) is 0 Å². The third-order valence-corrected chi connectivity index (χ3v) is 4.10. The van der Waals surface area contributed by atoms with Crippen LogP contribution in [0.25, 0.3) is 0 Å². The third kappa shape index (κ3) is 2.74. The van der Waals surface area contributed by atoms with Crippen molar-refractivity contribution < 1.29 is 4.74 Å². The van der Waals surface area contributed by atoms with E-state index >= 15 is 0 Å². The Hall–Kier alpha value is -1.32. The van der Waals surface area contributed by atoms with Crippen LogP contribution in [0.3, 0.4) is 0 Å². The summed E-state index contributed by atoms with van der Waals surface area (Å²) >= 11 is 1.80. The van der Waals surface area contributed by atoms with Gasteiger partial charge in [-0.2, -0.15) is 0 Å². The van der Waals surface area contributed by atoms with Crippen molar-refractivity contribution in [3.63, 3.8) is 0 Å². The van der Waals surface area contributed by atoms with Gasteiger partial charge in [0.25, 0.3) is 0 Å². The maximum absolute atomic E-state index is 5.41. The Bertz CT molecular complexity index is 507. The lowest BCUT2D eigenvalue weighted by Gasteiger charge is -2.18. The summed E-state index contributed by atoms with van der Waals surface area (Å²) in [6.45, 7) is 2.17. The van der Waals surface area contributed by atoms with Gasteiger partial charge in [-0.15, -0.1) is 11.3 Å². The maximum Gasteiger partial charge on any atom is 0.122 e.